The summed E-state index contributed by atoms with van der Waals surface area (Å²) in [5, 5.41) is 15.0. The van der Waals surface area contributed by atoms with Crippen LogP contribution >= 0.6 is 0 Å². The highest BCUT2D eigenvalue weighted by Crippen LogP contribution is 2.24. The molecule has 0 amide bonds. The van der Waals surface area contributed by atoms with E-state index < -0.39 is 4.92 Å². The van der Waals surface area contributed by atoms with Gasteiger partial charge in [-0.25, -0.2) is 0 Å². The third kappa shape index (κ3) is 3.80. The number of non-ortho nitro benzene ring substituents is 1. The second-order valence-electron chi connectivity index (χ2n) is 5.84. The van der Waals surface area contributed by atoms with Crippen LogP contribution in [0.1, 0.15) is 23.8 Å². The molecule has 0 bridgehead atoms. The molecule has 0 radical (unpaired) electrons. The van der Waals surface area contributed by atoms with E-state index in [0.29, 0.717) is 11.5 Å². The van der Waals surface area contributed by atoms with Crippen LogP contribution in [0.3, 0.4) is 0 Å². The predicted octanol–water partition coefficient (Wildman–Crippen LogP) is 5.17. The van der Waals surface area contributed by atoms with E-state index in [1.165, 1.54) is 17.7 Å². The summed E-state index contributed by atoms with van der Waals surface area (Å²) in [6.45, 7) is 4.14. The third-order valence-electron chi connectivity index (χ3n) is 4.10. The molecule has 0 fully saturated rings. The van der Waals surface area contributed by atoms with Gasteiger partial charge in [-0.1, -0.05) is 25.1 Å². The van der Waals surface area contributed by atoms with Crippen LogP contribution in [0.5, 0.6) is 0 Å². The number of nitrogens with one attached hydrogen (secondary N) is 1. The van der Waals surface area contributed by atoms with E-state index in [2.05, 4.69) is 23.5 Å². The number of furan rings is 1. The molecule has 2 aromatic carbocycles. The summed E-state index contributed by atoms with van der Waals surface area (Å²) in [5.41, 5.74) is 7.25. The summed E-state index contributed by atoms with van der Waals surface area (Å²) in [6, 6.07) is 16.0. The first-order valence-corrected chi connectivity index (χ1v) is 8.30. The van der Waals surface area contributed by atoms with Gasteiger partial charge in [0.05, 0.1) is 16.8 Å². The van der Waals surface area contributed by atoms with E-state index in [4.69, 9.17) is 4.42 Å². The average Bonchev–Trinajstić information content (AvgIpc) is 3.12. The van der Waals surface area contributed by atoms with Gasteiger partial charge in [0.2, 0.25) is 0 Å². The van der Waals surface area contributed by atoms with E-state index in [0.717, 1.165) is 23.2 Å². The van der Waals surface area contributed by atoms with Gasteiger partial charge in [-0.2, -0.15) is 5.10 Å². The molecule has 0 saturated heterocycles. The van der Waals surface area contributed by atoms with Gasteiger partial charge in [0.1, 0.15) is 11.5 Å². The lowest BCUT2D eigenvalue weighted by Crippen LogP contribution is -1.97. The van der Waals surface area contributed by atoms with Gasteiger partial charge in [0.15, 0.2) is 0 Å². The van der Waals surface area contributed by atoms with Crippen LogP contribution in [0.25, 0.3) is 11.3 Å². The zero-order chi connectivity index (χ0) is 18.5. The molecule has 6 heteroatoms. The zero-order valence-corrected chi connectivity index (χ0v) is 14.6. The summed E-state index contributed by atoms with van der Waals surface area (Å²) in [5.74, 6) is 1.23. The second kappa shape index (κ2) is 7.65. The molecule has 1 aromatic heterocycles. The molecule has 0 saturated carbocycles. The fourth-order valence-electron chi connectivity index (χ4n) is 2.67. The number of benzene rings is 2. The van der Waals surface area contributed by atoms with E-state index in [9.17, 15) is 10.1 Å². The van der Waals surface area contributed by atoms with Crippen LogP contribution in [0.4, 0.5) is 11.4 Å². The minimum absolute atomic E-state index is 0.0521. The Morgan fingerprint density at radius 3 is 2.62 bits per heavy atom. The smallest absolute Gasteiger partial charge is 0.269 e. The maximum atomic E-state index is 10.7. The number of para-hydroxylation sites is 1. The Hall–Kier alpha value is -3.41. The molecule has 0 aliphatic carbocycles. The number of hydrazone groups is 1. The maximum Gasteiger partial charge on any atom is 0.269 e. The Morgan fingerprint density at radius 2 is 1.92 bits per heavy atom. The van der Waals surface area contributed by atoms with E-state index in [1.807, 2.05) is 25.1 Å². The molecule has 26 heavy (non-hydrogen) atoms. The lowest BCUT2D eigenvalue weighted by Gasteiger charge is -2.09. The van der Waals surface area contributed by atoms with Gasteiger partial charge in [-0.05, 0) is 48.7 Å². The largest absolute Gasteiger partial charge is 0.455 e. The van der Waals surface area contributed by atoms with Crippen LogP contribution < -0.4 is 5.43 Å². The number of aryl methyl sites for hydroxylation is 2. The third-order valence-corrected chi connectivity index (χ3v) is 4.10. The van der Waals surface area contributed by atoms with E-state index in [1.54, 1.807) is 24.4 Å². The van der Waals surface area contributed by atoms with Crippen molar-refractivity contribution in [1.82, 2.24) is 0 Å². The number of rotatable bonds is 6. The zero-order valence-electron chi connectivity index (χ0n) is 14.6. The second-order valence-corrected chi connectivity index (χ2v) is 5.84. The summed E-state index contributed by atoms with van der Waals surface area (Å²) in [7, 11) is 0. The van der Waals surface area contributed by atoms with Crippen LogP contribution in [0.15, 0.2) is 64.1 Å². The molecule has 0 atom stereocenters. The van der Waals surface area contributed by atoms with Crippen LogP contribution in [0, 0.1) is 17.0 Å². The molecule has 3 aromatic rings. The number of anilines is 1. The van der Waals surface area contributed by atoms with Gasteiger partial charge < -0.3 is 4.42 Å². The Kier molecular flexibility index (Phi) is 5.12. The SMILES string of the molecule is CCc1cccc(C)c1N/N=C/c1ccc(-c2ccc([N+](=O)[O-])cc2)o1. The topological polar surface area (TPSA) is 80.7 Å². The highest BCUT2D eigenvalue weighted by atomic mass is 16.6. The van der Waals surface area contributed by atoms with Crippen molar-refractivity contribution >= 4 is 17.6 Å². The standard InChI is InChI=1S/C20H19N3O3/c1-3-15-6-4-5-14(2)20(15)22-21-13-18-11-12-19(26-18)16-7-9-17(10-8-16)23(24)25/h4-13,22H,3H2,1-2H3/b21-13+. The molecule has 0 spiro atoms. The molecule has 0 aliphatic heterocycles. The molecule has 3 rings (SSSR count). The van der Waals surface area contributed by atoms with Crippen LogP contribution in [0.2, 0.25) is 0 Å². The molecule has 6 nitrogen and oxygen atoms in total. The van der Waals surface area contributed by atoms with Crippen molar-refractivity contribution in [3.05, 3.63) is 81.6 Å². The van der Waals surface area contributed by atoms with Crippen molar-refractivity contribution in [1.29, 1.82) is 0 Å². The first-order chi connectivity index (χ1) is 12.6. The average molecular weight is 349 g/mol. The van der Waals surface area contributed by atoms with E-state index in [-0.39, 0.29) is 5.69 Å². The predicted molar refractivity (Wildman–Crippen MR) is 103 cm³/mol. The van der Waals surface area contributed by atoms with Crippen molar-refractivity contribution in [3.63, 3.8) is 0 Å². The molecule has 0 aliphatic rings. The lowest BCUT2D eigenvalue weighted by atomic mass is 10.1. The van der Waals surface area contributed by atoms with Gasteiger partial charge >= 0.3 is 0 Å². The Balaban J connectivity index is 1.72. The number of nitro groups is 1. The first kappa shape index (κ1) is 17.4. The molecule has 1 N–H and O–H groups in total. The number of nitro benzene ring substituents is 1. The van der Waals surface area contributed by atoms with Crippen molar-refractivity contribution in [2.75, 3.05) is 5.43 Å². The Bertz CT molecular complexity index is 943. The minimum Gasteiger partial charge on any atom is -0.455 e. The number of nitrogens with zero attached hydrogens (tertiary/aromatic N) is 2. The monoisotopic (exact) mass is 349 g/mol. The summed E-state index contributed by atoms with van der Waals surface area (Å²) < 4.78 is 5.74. The maximum absolute atomic E-state index is 10.7. The fourth-order valence-corrected chi connectivity index (χ4v) is 2.67. The molecule has 0 unspecified atom stereocenters. The Morgan fingerprint density at radius 1 is 1.15 bits per heavy atom. The molecule has 1 heterocycles. The van der Waals surface area contributed by atoms with Crippen molar-refractivity contribution in [2.45, 2.75) is 20.3 Å². The molecule has 132 valence electrons. The van der Waals surface area contributed by atoms with Gasteiger partial charge in [-0.3, -0.25) is 15.5 Å². The van der Waals surface area contributed by atoms with Gasteiger partial charge in [-0.15, -0.1) is 0 Å². The summed E-state index contributed by atoms with van der Waals surface area (Å²) in [4.78, 5) is 10.3. The first-order valence-electron chi connectivity index (χ1n) is 8.30. The fraction of sp³-hybridized carbons (Fsp3) is 0.150. The highest BCUT2D eigenvalue weighted by molar-refractivity contribution is 5.78. The van der Waals surface area contributed by atoms with Gasteiger partial charge in [0.25, 0.3) is 5.69 Å². The van der Waals surface area contributed by atoms with Gasteiger partial charge in [0, 0.05) is 17.7 Å². The Labute approximate surface area is 151 Å². The summed E-state index contributed by atoms with van der Waals surface area (Å²) >= 11 is 0. The minimum atomic E-state index is -0.425. The number of hydrogen-bond acceptors (Lipinski definition) is 5. The lowest BCUT2D eigenvalue weighted by molar-refractivity contribution is -0.384. The van der Waals surface area contributed by atoms with Crippen molar-refractivity contribution in [3.8, 4) is 11.3 Å². The number of hydrogen-bond donors (Lipinski definition) is 1. The van der Waals surface area contributed by atoms with Crippen molar-refractivity contribution in [2.24, 2.45) is 5.10 Å². The van der Waals surface area contributed by atoms with E-state index >= 15 is 0 Å². The van der Waals surface area contributed by atoms with Crippen LogP contribution in [-0.4, -0.2) is 11.1 Å². The molecular formula is C20H19N3O3. The highest BCUT2D eigenvalue weighted by Gasteiger charge is 2.08. The van der Waals surface area contributed by atoms with Crippen molar-refractivity contribution < 1.29 is 9.34 Å². The summed E-state index contributed by atoms with van der Waals surface area (Å²) in [6.07, 6.45) is 2.53. The normalized spacial score (nSPS) is 11.0. The molecular weight excluding hydrogens is 330 g/mol. The van der Waals surface area contributed by atoms with Crippen LogP contribution in [-0.2, 0) is 6.42 Å². The quantitative estimate of drug-likeness (QED) is 0.378.